The first-order valence-electron chi connectivity index (χ1n) is 9.56. The third-order valence-electron chi connectivity index (χ3n) is 5.12. The predicted octanol–water partition coefficient (Wildman–Crippen LogP) is 3.85. The molecule has 0 amide bonds. The van der Waals surface area contributed by atoms with Gasteiger partial charge in [-0.05, 0) is 55.8 Å². The molecule has 0 saturated heterocycles. The molecule has 0 aliphatic heterocycles. The number of fused-ring (bicyclic) bond motifs is 1. The maximum atomic E-state index is 13.3. The summed E-state index contributed by atoms with van der Waals surface area (Å²) < 4.78 is 34.4. The minimum atomic E-state index is -3.83. The molecule has 0 spiro atoms. The molecule has 0 bridgehead atoms. The average Bonchev–Trinajstić information content (AvgIpc) is 2.74. The van der Waals surface area contributed by atoms with Crippen molar-refractivity contribution in [3.05, 3.63) is 63.7 Å². The standard InChI is InChI=1S/C21H24ClN3O4S/c1-5-19(24(3)30(27,28)16-10-8-15(29-4)9-11-16)20-23-18-13-14(22)7-12-17(18)21(26)25(20)6-2/h7-13,19H,5-6H2,1-4H3. The van der Waals surface area contributed by atoms with Crippen molar-refractivity contribution in [1.82, 2.24) is 13.9 Å². The highest BCUT2D eigenvalue weighted by Crippen LogP contribution is 2.29. The number of methoxy groups -OCH3 is 1. The summed E-state index contributed by atoms with van der Waals surface area (Å²) in [5.41, 5.74) is 0.226. The largest absolute Gasteiger partial charge is 0.497 e. The third-order valence-corrected chi connectivity index (χ3v) is 7.24. The van der Waals surface area contributed by atoms with Gasteiger partial charge in [-0.15, -0.1) is 0 Å². The molecule has 0 aliphatic carbocycles. The third kappa shape index (κ3) is 3.95. The summed E-state index contributed by atoms with van der Waals surface area (Å²) in [7, 11) is -0.806. The van der Waals surface area contributed by atoms with Crippen molar-refractivity contribution in [3.8, 4) is 5.75 Å². The molecule has 7 nitrogen and oxygen atoms in total. The van der Waals surface area contributed by atoms with Gasteiger partial charge in [-0.3, -0.25) is 9.36 Å². The summed E-state index contributed by atoms with van der Waals surface area (Å²) >= 11 is 6.08. The summed E-state index contributed by atoms with van der Waals surface area (Å²) in [6.07, 6.45) is 0.435. The molecule has 0 fully saturated rings. The minimum absolute atomic E-state index is 0.137. The molecular formula is C21H24ClN3O4S. The lowest BCUT2D eigenvalue weighted by Crippen LogP contribution is -2.36. The number of hydrogen-bond donors (Lipinski definition) is 0. The summed E-state index contributed by atoms with van der Waals surface area (Å²) in [6.45, 7) is 4.06. The molecule has 1 unspecified atom stereocenters. The monoisotopic (exact) mass is 449 g/mol. The summed E-state index contributed by atoms with van der Waals surface area (Å²) in [6, 6.07) is 10.5. The Morgan fingerprint density at radius 3 is 2.40 bits per heavy atom. The quantitative estimate of drug-likeness (QED) is 0.547. The van der Waals surface area contributed by atoms with Crippen LogP contribution >= 0.6 is 11.6 Å². The van der Waals surface area contributed by atoms with Crippen molar-refractivity contribution in [2.24, 2.45) is 0 Å². The second-order valence-electron chi connectivity index (χ2n) is 6.80. The van der Waals surface area contributed by atoms with Gasteiger partial charge in [0.2, 0.25) is 10.0 Å². The van der Waals surface area contributed by atoms with E-state index in [-0.39, 0.29) is 10.5 Å². The van der Waals surface area contributed by atoms with E-state index in [1.165, 1.54) is 35.2 Å². The lowest BCUT2D eigenvalue weighted by Gasteiger charge is -2.28. The fourth-order valence-corrected chi connectivity index (χ4v) is 5.01. The summed E-state index contributed by atoms with van der Waals surface area (Å²) in [5, 5.41) is 0.905. The predicted molar refractivity (Wildman–Crippen MR) is 118 cm³/mol. The Morgan fingerprint density at radius 2 is 1.83 bits per heavy atom. The van der Waals surface area contributed by atoms with Crippen molar-refractivity contribution in [3.63, 3.8) is 0 Å². The Hall–Kier alpha value is -2.42. The highest BCUT2D eigenvalue weighted by atomic mass is 35.5. The Balaban J connectivity index is 2.14. The average molecular weight is 450 g/mol. The topological polar surface area (TPSA) is 81.5 Å². The number of hydrogen-bond acceptors (Lipinski definition) is 5. The molecule has 3 rings (SSSR count). The number of ether oxygens (including phenoxy) is 1. The number of aromatic nitrogens is 2. The van der Waals surface area contributed by atoms with E-state index >= 15 is 0 Å². The fraction of sp³-hybridized carbons (Fsp3) is 0.333. The highest BCUT2D eigenvalue weighted by Gasteiger charge is 2.31. The molecule has 160 valence electrons. The van der Waals surface area contributed by atoms with E-state index in [1.807, 2.05) is 13.8 Å². The zero-order valence-electron chi connectivity index (χ0n) is 17.3. The maximum Gasteiger partial charge on any atom is 0.261 e. The molecule has 2 aromatic carbocycles. The SMILES string of the molecule is CCC(c1nc2cc(Cl)ccc2c(=O)n1CC)N(C)S(=O)(=O)c1ccc(OC)cc1. The number of halogens is 1. The van der Waals surface area contributed by atoms with E-state index in [4.69, 9.17) is 16.3 Å². The molecule has 3 aromatic rings. The van der Waals surface area contributed by atoms with Crippen LogP contribution in [0.2, 0.25) is 5.02 Å². The number of sulfonamides is 1. The normalized spacial score (nSPS) is 13.0. The lowest BCUT2D eigenvalue weighted by molar-refractivity contribution is 0.340. The molecule has 1 heterocycles. The zero-order valence-corrected chi connectivity index (χ0v) is 18.9. The fourth-order valence-electron chi connectivity index (χ4n) is 3.46. The second kappa shape index (κ2) is 8.75. The van der Waals surface area contributed by atoms with Gasteiger partial charge in [0.15, 0.2) is 0 Å². The summed E-state index contributed by atoms with van der Waals surface area (Å²) in [4.78, 5) is 17.8. The van der Waals surface area contributed by atoms with Gasteiger partial charge in [-0.1, -0.05) is 18.5 Å². The molecular weight excluding hydrogens is 426 g/mol. The van der Waals surface area contributed by atoms with E-state index in [0.29, 0.717) is 40.5 Å². The minimum Gasteiger partial charge on any atom is -0.497 e. The van der Waals surface area contributed by atoms with E-state index < -0.39 is 16.1 Å². The van der Waals surface area contributed by atoms with Gasteiger partial charge in [0.1, 0.15) is 11.6 Å². The molecule has 9 heteroatoms. The van der Waals surface area contributed by atoms with Crippen LogP contribution in [0, 0.1) is 0 Å². The van der Waals surface area contributed by atoms with Crippen LogP contribution in [-0.2, 0) is 16.6 Å². The smallest absolute Gasteiger partial charge is 0.261 e. The van der Waals surface area contributed by atoms with Crippen molar-refractivity contribution in [1.29, 1.82) is 0 Å². The first-order valence-corrected chi connectivity index (χ1v) is 11.4. The molecule has 1 atom stereocenters. The zero-order chi connectivity index (χ0) is 22.1. The lowest BCUT2D eigenvalue weighted by atomic mass is 10.1. The molecule has 0 aliphatic rings. The van der Waals surface area contributed by atoms with Crippen molar-refractivity contribution < 1.29 is 13.2 Å². The van der Waals surface area contributed by atoms with E-state index in [1.54, 1.807) is 30.3 Å². The van der Waals surface area contributed by atoms with Crippen LogP contribution in [-0.4, -0.2) is 36.4 Å². The van der Waals surface area contributed by atoms with Crippen molar-refractivity contribution in [2.45, 2.75) is 37.8 Å². The summed E-state index contributed by atoms with van der Waals surface area (Å²) in [5.74, 6) is 0.955. The van der Waals surface area contributed by atoms with Crippen LogP contribution in [0.3, 0.4) is 0 Å². The van der Waals surface area contributed by atoms with E-state index in [2.05, 4.69) is 4.98 Å². The Bertz CT molecular complexity index is 1220. The van der Waals surface area contributed by atoms with Gasteiger partial charge in [0.25, 0.3) is 5.56 Å². The Kier molecular flexibility index (Phi) is 6.50. The van der Waals surface area contributed by atoms with Gasteiger partial charge < -0.3 is 4.74 Å². The van der Waals surface area contributed by atoms with Crippen molar-refractivity contribution >= 4 is 32.5 Å². The van der Waals surface area contributed by atoms with Gasteiger partial charge in [0, 0.05) is 18.6 Å². The molecule has 0 radical (unpaired) electrons. The first kappa shape index (κ1) is 22.3. The maximum absolute atomic E-state index is 13.3. The molecule has 0 saturated carbocycles. The van der Waals surface area contributed by atoms with E-state index in [9.17, 15) is 13.2 Å². The van der Waals surface area contributed by atoms with Crippen LogP contribution in [0.4, 0.5) is 0 Å². The molecule has 1 aromatic heterocycles. The van der Waals surface area contributed by atoms with Crippen LogP contribution in [0.25, 0.3) is 10.9 Å². The first-order chi connectivity index (χ1) is 14.2. The van der Waals surface area contributed by atoms with Crippen LogP contribution < -0.4 is 10.3 Å². The Morgan fingerprint density at radius 1 is 1.17 bits per heavy atom. The van der Waals surface area contributed by atoms with Gasteiger partial charge >= 0.3 is 0 Å². The molecule has 0 N–H and O–H groups in total. The number of nitrogens with zero attached hydrogens (tertiary/aromatic N) is 3. The van der Waals surface area contributed by atoms with Crippen LogP contribution in [0.15, 0.2) is 52.2 Å². The van der Waals surface area contributed by atoms with Crippen LogP contribution in [0.5, 0.6) is 5.75 Å². The van der Waals surface area contributed by atoms with Crippen molar-refractivity contribution in [2.75, 3.05) is 14.2 Å². The van der Waals surface area contributed by atoms with E-state index in [0.717, 1.165) is 0 Å². The highest BCUT2D eigenvalue weighted by molar-refractivity contribution is 7.89. The van der Waals surface area contributed by atoms with Gasteiger partial charge in [0.05, 0.1) is 29.0 Å². The second-order valence-corrected chi connectivity index (χ2v) is 9.24. The number of benzene rings is 2. The number of rotatable bonds is 7. The molecule has 30 heavy (non-hydrogen) atoms. The van der Waals surface area contributed by atoms with Gasteiger partial charge in [-0.2, -0.15) is 4.31 Å². The van der Waals surface area contributed by atoms with Gasteiger partial charge in [-0.25, -0.2) is 13.4 Å². The van der Waals surface area contributed by atoms with Crippen LogP contribution in [0.1, 0.15) is 32.1 Å². The Labute approximate surface area is 180 Å².